The zero-order chi connectivity index (χ0) is 22.0. The number of thiazole rings is 1. The number of hydrogen-bond acceptors (Lipinski definition) is 4. The topological polar surface area (TPSA) is 71.1 Å². The molecule has 2 amide bonds. The highest BCUT2D eigenvalue weighted by Gasteiger charge is 2.26. The second-order valence-corrected chi connectivity index (χ2v) is 8.63. The number of nitrogens with one attached hydrogen (secondary N) is 2. The summed E-state index contributed by atoms with van der Waals surface area (Å²) in [5, 5.41) is 5.95. The van der Waals surface area contributed by atoms with Crippen LogP contribution in [0.15, 0.2) is 61.3 Å². The number of hydrogen-bond donors (Lipinski definition) is 2. The Hall–Kier alpha value is -3.32. The monoisotopic (exact) mass is 435 g/mol. The summed E-state index contributed by atoms with van der Waals surface area (Å²) in [4.78, 5) is 29.7. The molecular weight excluding hydrogens is 413 g/mol. The van der Waals surface area contributed by atoms with E-state index in [0.717, 1.165) is 17.2 Å². The number of amides is 2. The molecule has 1 fully saturated rings. The number of nitrogens with zero attached hydrogens (tertiary/aromatic N) is 1. The van der Waals surface area contributed by atoms with Gasteiger partial charge in [-0.05, 0) is 60.6 Å². The van der Waals surface area contributed by atoms with Gasteiger partial charge in [0, 0.05) is 11.1 Å². The third-order valence-corrected chi connectivity index (χ3v) is 6.33. The van der Waals surface area contributed by atoms with E-state index < -0.39 is 17.6 Å². The Balaban J connectivity index is 1.49. The molecule has 31 heavy (non-hydrogen) atoms. The first-order chi connectivity index (χ1) is 14.9. The molecule has 0 unspecified atom stereocenters. The van der Waals surface area contributed by atoms with Crippen molar-refractivity contribution in [3.63, 3.8) is 0 Å². The zero-order valence-electron chi connectivity index (χ0n) is 17.0. The van der Waals surface area contributed by atoms with Gasteiger partial charge in [-0.25, -0.2) is 9.37 Å². The Morgan fingerprint density at radius 3 is 2.68 bits per heavy atom. The molecule has 1 atom stereocenters. The van der Waals surface area contributed by atoms with Crippen LogP contribution in [0.5, 0.6) is 0 Å². The van der Waals surface area contributed by atoms with Crippen LogP contribution in [0.3, 0.4) is 0 Å². The molecule has 0 radical (unpaired) electrons. The average molecular weight is 436 g/mol. The standard InChI is InChI=1S/C24H22FN3O2S/c1-3-22(29)27-20-10-9-18(12-19(20)25)17-6-4-5-16(11-17)14(2)23(30)28-24-26-13-21(31-24)15-7-8-15/h3-6,9-15H,1,7-8H2,2H3,(H,27,29)(H,26,28,30)/t14-/m0/s1. The molecule has 2 aromatic carbocycles. The van der Waals surface area contributed by atoms with E-state index in [1.807, 2.05) is 37.4 Å². The van der Waals surface area contributed by atoms with E-state index in [2.05, 4.69) is 22.2 Å². The van der Waals surface area contributed by atoms with Crippen molar-refractivity contribution in [1.29, 1.82) is 0 Å². The summed E-state index contributed by atoms with van der Waals surface area (Å²) in [6.07, 6.45) is 5.32. The second kappa shape index (κ2) is 8.81. The molecule has 1 heterocycles. The Bertz CT molecular complexity index is 1150. The van der Waals surface area contributed by atoms with Gasteiger partial charge in [0.1, 0.15) is 5.82 Å². The lowest BCUT2D eigenvalue weighted by atomic mass is 9.95. The molecule has 0 spiro atoms. The molecular formula is C24H22FN3O2S. The number of benzene rings is 2. The highest BCUT2D eigenvalue weighted by atomic mass is 32.1. The molecule has 1 aliphatic carbocycles. The van der Waals surface area contributed by atoms with Crippen molar-refractivity contribution >= 4 is 34.0 Å². The van der Waals surface area contributed by atoms with Gasteiger partial charge in [0.25, 0.3) is 0 Å². The molecule has 3 aromatic rings. The molecule has 158 valence electrons. The molecule has 1 saturated carbocycles. The lowest BCUT2D eigenvalue weighted by Gasteiger charge is -2.13. The largest absolute Gasteiger partial charge is 0.320 e. The molecule has 0 bridgehead atoms. The number of carbonyl (C=O) groups is 2. The Morgan fingerprint density at radius 1 is 1.19 bits per heavy atom. The van der Waals surface area contributed by atoms with Gasteiger partial charge in [-0.1, -0.05) is 36.9 Å². The van der Waals surface area contributed by atoms with E-state index in [4.69, 9.17) is 0 Å². The van der Waals surface area contributed by atoms with Crippen LogP contribution in [0, 0.1) is 5.82 Å². The first-order valence-electron chi connectivity index (χ1n) is 10.0. The van der Waals surface area contributed by atoms with E-state index in [9.17, 15) is 14.0 Å². The maximum Gasteiger partial charge on any atom is 0.247 e. The van der Waals surface area contributed by atoms with Gasteiger partial charge in [-0.15, -0.1) is 11.3 Å². The van der Waals surface area contributed by atoms with Crippen LogP contribution in [0.4, 0.5) is 15.2 Å². The van der Waals surface area contributed by atoms with Crippen molar-refractivity contribution in [1.82, 2.24) is 4.98 Å². The van der Waals surface area contributed by atoms with Crippen molar-refractivity contribution in [2.75, 3.05) is 10.6 Å². The third kappa shape index (κ3) is 4.88. The SMILES string of the molecule is C=CC(=O)Nc1ccc(-c2cccc([C@H](C)C(=O)Nc3ncc(C4CC4)s3)c2)cc1F. The fraction of sp³-hybridized carbons (Fsp3) is 0.208. The van der Waals surface area contributed by atoms with Crippen molar-refractivity contribution in [2.45, 2.75) is 31.6 Å². The van der Waals surface area contributed by atoms with Gasteiger partial charge in [0.2, 0.25) is 11.8 Å². The summed E-state index contributed by atoms with van der Waals surface area (Å²) in [6, 6.07) is 12.0. The van der Waals surface area contributed by atoms with Crippen molar-refractivity contribution in [3.8, 4) is 11.1 Å². The minimum absolute atomic E-state index is 0.0894. The van der Waals surface area contributed by atoms with Gasteiger partial charge in [0.05, 0.1) is 11.6 Å². The quantitative estimate of drug-likeness (QED) is 0.468. The smallest absolute Gasteiger partial charge is 0.247 e. The number of aromatic nitrogens is 1. The molecule has 0 aliphatic heterocycles. The van der Waals surface area contributed by atoms with Gasteiger partial charge in [0.15, 0.2) is 5.13 Å². The summed E-state index contributed by atoms with van der Waals surface area (Å²) < 4.78 is 14.4. The highest BCUT2D eigenvalue weighted by Crippen LogP contribution is 2.43. The van der Waals surface area contributed by atoms with E-state index in [1.165, 1.54) is 41.2 Å². The fourth-order valence-electron chi connectivity index (χ4n) is 3.23. The van der Waals surface area contributed by atoms with Gasteiger partial charge in [-0.2, -0.15) is 0 Å². The van der Waals surface area contributed by atoms with Crippen LogP contribution in [0.25, 0.3) is 11.1 Å². The van der Waals surface area contributed by atoms with Crippen LogP contribution in [0.1, 0.15) is 42.0 Å². The first-order valence-corrected chi connectivity index (χ1v) is 10.9. The van der Waals surface area contributed by atoms with E-state index >= 15 is 0 Å². The van der Waals surface area contributed by atoms with E-state index in [1.54, 1.807) is 6.07 Å². The van der Waals surface area contributed by atoms with Gasteiger partial charge < -0.3 is 10.6 Å². The minimum Gasteiger partial charge on any atom is -0.320 e. The maximum absolute atomic E-state index is 14.4. The molecule has 2 N–H and O–H groups in total. The number of rotatable bonds is 7. The summed E-state index contributed by atoms with van der Waals surface area (Å²) in [7, 11) is 0. The van der Waals surface area contributed by atoms with Crippen molar-refractivity contribution < 1.29 is 14.0 Å². The predicted octanol–water partition coefficient (Wildman–Crippen LogP) is 5.69. The van der Waals surface area contributed by atoms with Gasteiger partial charge >= 0.3 is 0 Å². The average Bonchev–Trinajstić information content (AvgIpc) is 3.53. The summed E-state index contributed by atoms with van der Waals surface area (Å²) in [5.74, 6) is -0.946. The Kier molecular flexibility index (Phi) is 5.95. The fourth-order valence-corrected chi connectivity index (χ4v) is 4.22. The van der Waals surface area contributed by atoms with E-state index in [0.29, 0.717) is 16.6 Å². The summed E-state index contributed by atoms with van der Waals surface area (Å²) in [6.45, 7) is 5.19. The van der Waals surface area contributed by atoms with Gasteiger partial charge in [-0.3, -0.25) is 9.59 Å². The lowest BCUT2D eigenvalue weighted by molar-refractivity contribution is -0.117. The van der Waals surface area contributed by atoms with E-state index in [-0.39, 0.29) is 11.6 Å². The molecule has 1 aliphatic rings. The van der Waals surface area contributed by atoms with Crippen molar-refractivity contribution in [3.05, 3.63) is 77.6 Å². The predicted molar refractivity (Wildman–Crippen MR) is 122 cm³/mol. The number of halogens is 1. The molecule has 5 nitrogen and oxygen atoms in total. The number of carbonyl (C=O) groups excluding carboxylic acids is 2. The van der Waals surface area contributed by atoms with Crippen LogP contribution < -0.4 is 10.6 Å². The third-order valence-electron chi connectivity index (χ3n) is 5.26. The van der Waals surface area contributed by atoms with Crippen LogP contribution >= 0.6 is 11.3 Å². The first kappa shape index (κ1) is 20.9. The molecule has 1 aromatic heterocycles. The van der Waals surface area contributed by atoms with Crippen LogP contribution in [0.2, 0.25) is 0 Å². The minimum atomic E-state index is -0.542. The number of anilines is 2. The van der Waals surface area contributed by atoms with Crippen LogP contribution in [-0.4, -0.2) is 16.8 Å². The Labute approximate surface area is 184 Å². The zero-order valence-corrected chi connectivity index (χ0v) is 17.8. The molecule has 7 heteroatoms. The van der Waals surface area contributed by atoms with Crippen LogP contribution in [-0.2, 0) is 9.59 Å². The lowest BCUT2D eigenvalue weighted by Crippen LogP contribution is -2.18. The normalized spacial score (nSPS) is 14.0. The second-order valence-electron chi connectivity index (χ2n) is 7.57. The highest BCUT2D eigenvalue weighted by molar-refractivity contribution is 7.15. The Morgan fingerprint density at radius 2 is 1.97 bits per heavy atom. The summed E-state index contributed by atoms with van der Waals surface area (Å²) >= 11 is 1.53. The maximum atomic E-state index is 14.4. The molecule has 0 saturated heterocycles. The van der Waals surface area contributed by atoms with Crippen molar-refractivity contribution in [2.24, 2.45) is 0 Å². The molecule has 4 rings (SSSR count). The summed E-state index contributed by atoms with van der Waals surface area (Å²) in [5.41, 5.74) is 2.34.